The summed E-state index contributed by atoms with van der Waals surface area (Å²) in [7, 11) is 0. The third-order valence-electron chi connectivity index (χ3n) is 3.75. The molecule has 0 unspecified atom stereocenters. The van der Waals surface area contributed by atoms with E-state index < -0.39 is 0 Å². The monoisotopic (exact) mass is 287 g/mol. The summed E-state index contributed by atoms with van der Waals surface area (Å²) in [6.45, 7) is 2.04. The van der Waals surface area contributed by atoms with Gasteiger partial charge in [0.15, 0.2) is 0 Å². The van der Waals surface area contributed by atoms with Gasteiger partial charge in [0.25, 0.3) is 0 Å². The Kier molecular flexibility index (Phi) is 2.79. The van der Waals surface area contributed by atoms with Crippen LogP contribution < -0.4 is 4.74 Å². The maximum atomic E-state index is 12.2. The van der Waals surface area contributed by atoms with E-state index >= 15 is 0 Å². The fourth-order valence-corrected chi connectivity index (χ4v) is 2.65. The zero-order chi connectivity index (χ0) is 15.1. The van der Waals surface area contributed by atoms with Crippen molar-refractivity contribution in [1.82, 2.24) is 4.98 Å². The third kappa shape index (κ3) is 2.07. The van der Waals surface area contributed by atoms with Crippen molar-refractivity contribution in [2.45, 2.75) is 6.92 Å². The first-order valence-electron chi connectivity index (χ1n) is 7.11. The Bertz CT molecular complexity index is 927. The second kappa shape index (κ2) is 4.81. The normalized spacial score (nSPS) is 15.1. The smallest absolute Gasteiger partial charge is 0.345 e. The second-order valence-electron chi connectivity index (χ2n) is 5.40. The van der Waals surface area contributed by atoms with Crippen LogP contribution in [0.15, 0.2) is 54.6 Å². The number of nitrogens with zero attached hydrogens (tertiary/aromatic N) is 1. The quantitative estimate of drug-likeness (QED) is 0.501. The number of pyridine rings is 1. The summed E-state index contributed by atoms with van der Waals surface area (Å²) in [5.74, 6) is 0.0434. The molecule has 0 bridgehead atoms. The van der Waals surface area contributed by atoms with Crippen LogP contribution in [0.3, 0.4) is 0 Å². The Hall–Kier alpha value is -2.94. The molecule has 0 atom stereocenters. The Morgan fingerprint density at radius 3 is 2.68 bits per heavy atom. The fraction of sp³-hybridized carbons (Fsp3) is 0.0526. The van der Waals surface area contributed by atoms with Crippen molar-refractivity contribution in [3.8, 4) is 5.88 Å². The van der Waals surface area contributed by atoms with Crippen molar-refractivity contribution in [2.75, 3.05) is 0 Å². The van der Waals surface area contributed by atoms with Gasteiger partial charge in [-0.1, -0.05) is 42.0 Å². The lowest BCUT2D eigenvalue weighted by Gasteiger charge is -2.02. The van der Waals surface area contributed by atoms with Gasteiger partial charge in [0, 0.05) is 5.39 Å². The van der Waals surface area contributed by atoms with Crippen molar-refractivity contribution in [3.05, 3.63) is 71.3 Å². The largest absolute Gasteiger partial charge is 0.403 e. The number of esters is 1. The van der Waals surface area contributed by atoms with Gasteiger partial charge in [-0.3, -0.25) is 0 Å². The topological polar surface area (TPSA) is 39.2 Å². The van der Waals surface area contributed by atoms with E-state index in [2.05, 4.69) is 11.1 Å². The molecule has 0 fully saturated rings. The zero-order valence-electron chi connectivity index (χ0n) is 12.0. The molecule has 0 saturated carbocycles. The molecule has 1 aliphatic heterocycles. The van der Waals surface area contributed by atoms with E-state index in [4.69, 9.17) is 4.74 Å². The Balaban J connectivity index is 1.91. The molecule has 1 aliphatic rings. The van der Waals surface area contributed by atoms with Crippen molar-refractivity contribution in [3.63, 3.8) is 0 Å². The molecule has 0 amide bonds. The molecule has 3 heteroatoms. The van der Waals surface area contributed by atoms with Gasteiger partial charge in [0.1, 0.15) is 0 Å². The lowest BCUT2D eigenvalue weighted by atomic mass is 10.0. The summed E-state index contributed by atoms with van der Waals surface area (Å²) in [6.07, 6.45) is 1.84. The predicted molar refractivity (Wildman–Crippen MR) is 86.4 cm³/mol. The Labute approximate surface area is 127 Å². The van der Waals surface area contributed by atoms with Crippen LogP contribution in [0.2, 0.25) is 0 Å². The van der Waals surface area contributed by atoms with Gasteiger partial charge in [0.05, 0.1) is 16.7 Å². The lowest BCUT2D eigenvalue weighted by Crippen LogP contribution is -2.00. The van der Waals surface area contributed by atoms with Crippen LogP contribution in [0.4, 0.5) is 0 Å². The molecule has 0 aliphatic carbocycles. The van der Waals surface area contributed by atoms with Gasteiger partial charge in [-0.15, -0.1) is 0 Å². The standard InChI is InChI=1S/C19H13NO2/c1-12-7-8-17-14(9-12)11-15-16(19(21)22-18(15)20-17)10-13-5-3-2-4-6-13/h2-11H,1H3/b16-10-. The summed E-state index contributed by atoms with van der Waals surface area (Å²) < 4.78 is 5.31. The number of rotatable bonds is 1. The first-order chi connectivity index (χ1) is 10.7. The average molecular weight is 287 g/mol. The van der Waals surface area contributed by atoms with Crippen LogP contribution in [-0.2, 0) is 4.79 Å². The maximum absolute atomic E-state index is 12.2. The predicted octanol–water partition coefficient (Wildman–Crippen LogP) is 4.00. The Morgan fingerprint density at radius 1 is 1.05 bits per heavy atom. The summed E-state index contributed by atoms with van der Waals surface area (Å²) in [4.78, 5) is 16.6. The van der Waals surface area contributed by atoms with Gasteiger partial charge in [-0.2, -0.15) is 0 Å². The van der Waals surface area contributed by atoms with E-state index in [1.54, 1.807) is 0 Å². The number of carbonyl (C=O) groups excluding carboxylic acids is 1. The van der Waals surface area contributed by atoms with Crippen LogP contribution in [0, 0.1) is 6.92 Å². The minimum absolute atomic E-state index is 0.349. The van der Waals surface area contributed by atoms with E-state index in [9.17, 15) is 4.79 Å². The number of benzene rings is 2. The van der Waals surface area contributed by atoms with Gasteiger partial charge in [0.2, 0.25) is 5.88 Å². The van der Waals surface area contributed by atoms with E-state index in [-0.39, 0.29) is 5.97 Å². The van der Waals surface area contributed by atoms with E-state index in [0.717, 1.165) is 27.6 Å². The van der Waals surface area contributed by atoms with E-state index in [1.165, 1.54) is 0 Å². The van der Waals surface area contributed by atoms with Gasteiger partial charge in [-0.25, -0.2) is 9.78 Å². The highest BCUT2D eigenvalue weighted by Gasteiger charge is 2.28. The number of hydrogen-bond donors (Lipinski definition) is 0. The van der Waals surface area contributed by atoms with Crippen LogP contribution in [-0.4, -0.2) is 11.0 Å². The number of fused-ring (bicyclic) bond motifs is 2. The molecule has 3 aromatic rings. The summed E-state index contributed by atoms with van der Waals surface area (Å²) >= 11 is 0. The number of aryl methyl sites for hydroxylation is 1. The molecular weight excluding hydrogens is 274 g/mol. The summed E-state index contributed by atoms with van der Waals surface area (Å²) in [5, 5.41) is 1.01. The minimum atomic E-state index is -0.349. The minimum Gasteiger partial charge on any atom is -0.403 e. The molecule has 1 aromatic heterocycles. The zero-order valence-corrected chi connectivity index (χ0v) is 12.0. The number of hydrogen-bond acceptors (Lipinski definition) is 3. The first kappa shape index (κ1) is 12.8. The molecule has 0 saturated heterocycles. The van der Waals surface area contributed by atoms with Crippen molar-refractivity contribution >= 4 is 28.5 Å². The van der Waals surface area contributed by atoms with Crippen molar-refractivity contribution in [2.24, 2.45) is 0 Å². The van der Waals surface area contributed by atoms with Gasteiger partial charge < -0.3 is 4.74 Å². The average Bonchev–Trinajstić information content (AvgIpc) is 2.81. The molecular formula is C19H13NO2. The molecule has 3 nitrogen and oxygen atoms in total. The van der Waals surface area contributed by atoms with E-state index in [1.807, 2.05) is 61.5 Å². The number of ether oxygens (including phenoxy) is 1. The molecule has 106 valence electrons. The van der Waals surface area contributed by atoms with Crippen LogP contribution in [0.5, 0.6) is 5.88 Å². The maximum Gasteiger partial charge on any atom is 0.345 e. The van der Waals surface area contributed by atoms with Gasteiger partial charge in [-0.05, 0) is 36.8 Å². The lowest BCUT2D eigenvalue weighted by molar-refractivity contribution is -0.127. The van der Waals surface area contributed by atoms with E-state index in [0.29, 0.717) is 11.5 Å². The molecule has 4 rings (SSSR count). The van der Waals surface area contributed by atoms with Crippen molar-refractivity contribution in [1.29, 1.82) is 0 Å². The highest BCUT2D eigenvalue weighted by molar-refractivity contribution is 6.26. The SMILES string of the molecule is Cc1ccc2nc3c(cc2c1)/C(=C/c1ccccc1)C(=O)O3. The molecule has 22 heavy (non-hydrogen) atoms. The van der Waals surface area contributed by atoms with Gasteiger partial charge >= 0.3 is 5.97 Å². The summed E-state index contributed by atoms with van der Waals surface area (Å²) in [5.41, 5.74) is 4.27. The molecule has 2 heterocycles. The number of aromatic nitrogens is 1. The highest BCUT2D eigenvalue weighted by atomic mass is 16.5. The van der Waals surface area contributed by atoms with Crippen LogP contribution in [0.1, 0.15) is 16.7 Å². The van der Waals surface area contributed by atoms with Crippen molar-refractivity contribution < 1.29 is 9.53 Å². The Morgan fingerprint density at radius 2 is 1.86 bits per heavy atom. The third-order valence-corrected chi connectivity index (χ3v) is 3.75. The van der Waals surface area contributed by atoms with Crippen LogP contribution >= 0.6 is 0 Å². The first-order valence-corrected chi connectivity index (χ1v) is 7.11. The fourth-order valence-electron chi connectivity index (χ4n) is 2.65. The molecule has 0 radical (unpaired) electrons. The molecule has 0 spiro atoms. The summed E-state index contributed by atoms with van der Waals surface area (Å²) in [6, 6.07) is 17.7. The number of carbonyl (C=O) groups is 1. The highest BCUT2D eigenvalue weighted by Crippen LogP contribution is 2.36. The van der Waals surface area contributed by atoms with Crippen LogP contribution in [0.25, 0.3) is 22.6 Å². The second-order valence-corrected chi connectivity index (χ2v) is 5.40. The molecule has 2 aromatic carbocycles. The molecule has 0 N–H and O–H groups in total.